The smallest absolute Gasteiger partial charge is 0.251 e. The van der Waals surface area contributed by atoms with Gasteiger partial charge in [-0.3, -0.25) is 4.79 Å². The predicted molar refractivity (Wildman–Crippen MR) is 112 cm³/mol. The highest BCUT2D eigenvalue weighted by Crippen LogP contribution is 2.36. The zero-order valence-corrected chi connectivity index (χ0v) is 15.8. The van der Waals surface area contributed by atoms with Crippen molar-refractivity contribution in [3.05, 3.63) is 89.5 Å². The summed E-state index contributed by atoms with van der Waals surface area (Å²) in [6.45, 7) is 2.15. The Kier molecular flexibility index (Phi) is 5.40. The Bertz CT molecular complexity index is 952. The molecule has 142 valence electrons. The maximum atomic E-state index is 12.0. The summed E-state index contributed by atoms with van der Waals surface area (Å²) in [7, 11) is 0. The van der Waals surface area contributed by atoms with Crippen molar-refractivity contribution >= 4 is 11.6 Å². The molecule has 4 nitrogen and oxygen atoms in total. The fourth-order valence-electron chi connectivity index (χ4n) is 3.81. The summed E-state index contributed by atoms with van der Waals surface area (Å²) in [5.74, 6) is -0.159. The zero-order valence-electron chi connectivity index (χ0n) is 15.8. The predicted octanol–water partition coefficient (Wildman–Crippen LogP) is 3.64. The lowest BCUT2D eigenvalue weighted by atomic mass is 9.97. The molecule has 0 unspecified atom stereocenters. The quantitative estimate of drug-likeness (QED) is 0.695. The average Bonchev–Trinajstić information content (AvgIpc) is 3.16. The largest absolute Gasteiger partial charge is 0.395 e. The Morgan fingerprint density at radius 1 is 0.964 bits per heavy atom. The number of anilines is 1. The van der Waals surface area contributed by atoms with Crippen LogP contribution in [0.25, 0.3) is 11.1 Å². The van der Waals surface area contributed by atoms with Gasteiger partial charge in [0.1, 0.15) is 0 Å². The first-order valence-corrected chi connectivity index (χ1v) is 9.66. The van der Waals surface area contributed by atoms with Gasteiger partial charge in [0.2, 0.25) is 0 Å². The molecule has 0 aromatic heterocycles. The van der Waals surface area contributed by atoms with Crippen LogP contribution in [0.15, 0.2) is 72.8 Å². The van der Waals surface area contributed by atoms with Crippen molar-refractivity contribution in [2.45, 2.75) is 13.0 Å². The number of fused-ring (bicyclic) bond motifs is 1. The van der Waals surface area contributed by atoms with Gasteiger partial charge in [-0.2, -0.15) is 0 Å². The molecule has 0 aliphatic carbocycles. The lowest BCUT2D eigenvalue weighted by Gasteiger charge is -2.20. The van der Waals surface area contributed by atoms with Crippen molar-refractivity contribution in [2.75, 3.05) is 24.6 Å². The molecule has 0 saturated carbocycles. The standard InChI is InChI=1S/C24H24N2O2/c27-16-14-25-24(28)20-11-9-19(10-12-20)21-7-4-8-23-22(21)13-15-26(23)17-18-5-2-1-3-6-18/h1-12,27H,13-17H2,(H,25,28). The molecule has 3 aromatic carbocycles. The van der Waals surface area contributed by atoms with E-state index in [1.165, 1.54) is 22.4 Å². The number of nitrogens with zero attached hydrogens (tertiary/aromatic N) is 1. The highest BCUT2D eigenvalue weighted by atomic mass is 16.3. The third-order valence-electron chi connectivity index (χ3n) is 5.20. The van der Waals surface area contributed by atoms with Crippen LogP contribution in [0.1, 0.15) is 21.5 Å². The lowest BCUT2D eigenvalue weighted by molar-refractivity contribution is 0.0945. The van der Waals surface area contributed by atoms with Gasteiger partial charge in [-0.25, -0.2) is 0 Å². The molecule has 3 aromatic rings. The van der Waals surface area contributed by atoms with Crippen molar-refractivity contribution in [3.63, 3.8) is 0 Å². The number of rotatable bonds is 6. The van der Waals surface area contributed by atoms with Crippen molar-refractivity contribution in [3.8, 4) is 11.1 Å². The van der Waals surface area contributed by atoms with E-state index in [2.05, 4.69) is 52.7 Å². The van der Waals surface area contributed by atoms with Gasteiger partial charge < -0.3 is 15.3 Å². The highest BCUT2D eigenvalue weighted by Gasteiger charge is 2.22. The van der Waals surface area contributed by atoms with Crippen LogP contribution in [0, 0.1) is 0 Å². The van der Waals surface area contributed by atoms with Crippen LogP contribution in [0.4, 0.5) is 5.69 Å². The van der Waals surface area contributed by atoms with E-state index >= 15 is 0 Å². The molecule has 1 aliphatic rings. The topological polar surface area (TPSA) is 52.6 Å². The maximum absolute atomic E-state index is 12.0. The molecule has 0 bridgehead atoms. The van der Waals surface area contributed by atoms with Gasteiger partial charge in [-0.1, -0.05) is 54.6 Å². The number of aliphatic hydroxyl groups is 1. The number of amides is 1. The van der Waals surface area contributed by atoms with Crippen molar-refractivity contribution < 1.29 is 9.90 Å². The van der Waals surface area contributed by atoms with Crippen LogP contribution in [0.2, 0.25) is 0 Å². The van der Waals surface area contributed by atoms with Gasteiger partial charge in [-0.05, 0) is 46.9 Å². The molecule has 0 atom stereocenters. The van der Waals surface area contributed by atoms with Crippen LogP contribution in [0.5, 0.6) is 0 Å². The third kappa shape index (κ3) is 3.78. The molecule has 1 heterocycles. The van der Waals surface area contributed by atoms with Crippen molar-refractivity contribution in [1.82, 2.24) is 5.32 Å². The minimum Gasteiger partial charge on any atom is -0.395 e. The van der Waals surface area contributed by atoms with Crippen LogP contribution in [-0.2, 0) is 13.0 Å². The van der Waals surface area contributed by atoms with E-state index < -0.39 is 0 Å². The number of nitrogens with one attached hydrogen (secondary N) is 1. The highest BCUT2D eigenvalue weighted by molar-refractivity contribution is 5.94. The summed E-state index contributed by atoms with van der Waals surface area (Å²) in [4.78, 5) is 14.5. The lowest BCUT2D eigenvalue weighted by Crippen LogP contribution is -2.26. The monoisotopic (exact) mass is 372 g/mol. The van der Waals surface area contributed by atoms with Gasteiger partial charge in [0.15, 0.2) is 0 Å². The fraction of sp³-hybridized carbons (Fsp3) is 0.208. The Morgan fingerprint density at radius 3 is 2.50 bits per heavy atom. The van der Waals surface area contributed by atoms with Crippen molar-refractivity contribution in [2.24, 2.45) is 0 Å². The molecule has 0 radical (unpaired) electrons. The van der Waals surface area contributed by atoms with E-state index in [0.717, 1.165) is 25.1 Å². The number of benzene rings is 3. The fourth-order valence-corrected chi connectivity index (χ4v) is 3.81. The van der Waals surface area contributed by atoms with Crippen LogP contribution < -0.4 is 10.2 Å². The van der Waals surface area contributed by atoms with Crippen LogP contribution >= 0.6 is 0 Å². The first kappa shape index (κ1) is 18.3. The Labute approximate surface area is 165 Å². The normalized spacial score (nSPS) is 12.7. The minimum absolute atomic E-state index is 0.0561. The summed E-state index contributed by atoms with van der Waals surface area (Å²) < 4.78 is 0. The van der Waals surface area contributed by atoms with Crippen LogP contribution in [0.3, 0.4) is 0 Å². The summed E-state index contributed by atoms with van der Waals surface area (Å²) in [6.07, 6.45) is 1.02. The van der Waals surface area contributed by atoms with E-state index in [-0.39, 0.29) is 19.1 Å². The Hall–Kier alpha value is -3.11. The number of hydrogen-bond donors (Lipinski definition) is 2. The molecular formula is C24H24N2O2. The second-order valence-corrected chi connectivity index (χ2v) is 7.02. The van der Waals surface area contributed by atoms with Crippen LogP contribution in [-0.4, -0.2) is 30.7 Å². The second-order valence-electron chi connectivity index (χ2n) is 7.02. The molecule has 1 aliphatic heterocycles. The molecule has 4 rings (SSSR count). The zero-order chi connectivity index (χ0) is 19.3. The summed E-state index contributed by atoms with van der Waals surface area (Å²) in [6, 6.07) is 24.7. The van der Waals surface area contributed by atoms with E-state index in [9.17, 15) is 4.79 Å². The van der Waals surface area contributed by atoms with Crippen molar-refractivity contribution in [1.29, 1.82) is 0 Å². The van der Waals surface area contributed by atoms with E-state index in [1.54, 1.807) is 0 Å². The third-order valence-corrected chi connectivity index (χ3v) is 5.20. The van der Waals surface area contributed by atoms with E-state index in [1.807, 2.05) is 30.3 Å². The second kappa shape index (κ2) is 8.28. The Morgan fingerprint density at radius 2 is 1.75 bits per heavy atom. The molecule has 2 N–H and O–H groups in total. The average molecular weight is 372 g/mol. The first-order valence-electron chi connectivity index (χ1n) is 9.66. The summed E-state index contributed by atoms with van der Waals surface area (Å²) in [5, 5.41) is 11.5. The van der Waals surface area contributed by atoms with Gasteiger partial charge in [0.25, 0.3) is 5.91 Å². The number of hydrogen-bond acceptors (Lipinski definition) is 3. The summed E-state index contributed by atoms with van der Waals surface area (Å²) in [5.41, 5.74) is 6.95. The number of aliphatic hydroxyl groups excluding tert-OH is 1. The van der Waals surface area contributed by atoms with Gasteiger partial charge in [0, 0.05) is 30.9 Å². The molecule has 0 spiro atoms. The molecule has 28 heavy (non-hydrogen) atoms. The van der Waals surface area contributed by atoms with E-state index in [0.29, 0.717) is 5.56 Å². The molecule has 0 fully saturated rings. The maximum Gasteiger partial charge on any atom is 0.251 e. The molecule has 1 amide bonds. The molecule has 0 saturated heterocycles. The summed E-state index contributed by atoms with van der Waals surface area (Å²) >= 11 is 0. The number of carbonyl (C=O) groups excluding carboxylic acids is 1. The van der Waals surface area contributed by atoms with E-state index in [4.69, 9.17) is 5.11 Å². The van der Waals surface area contributed by atoms with Gasteiger partial charge >= 0.3 is 0 Å². The first-order chi connectivity index (χ1) is 13.8. The van der Waals surface area contributed by atoms with Gasteiger partial charge in [0.05, 0.1) is 6.61 Å². The molecular weight excluding hydrogens is 348 g/mol. The Balaban J connectivity index is 1.56. The molecule has 4 heteroatoms. The number of carbonyl (C=O) groups is 1. The SMILES string of the molecule is O=C(NCCO)c1ccc(-c2cccc3c2CCN3Cc2ccccc2)cc1. The minimum atomic E-state index is -0.159. The van der Waals surface area contributed by atoms with Gasteiger partial charge in [-0.15, -0.1) is 0 Å².